The van der Waals surface area contributed by atoms with E-state index in [0.717, 1.165) is 31.9 Å². The molecule has 0 N–H and O–H groups in total. The Hall–Kier alpha value is -1.92. The highest BCUT2D eigenvalue weighted by atomic mass is 15.6. The number of anilines is 1. The first-order chi connectivity index (χ1) is 8.74. The molecular formula is C11H17N7. The van der Waals surface area contributed by atoms with Gasteiger partial charge in [0, 0.05) is 39.3 Å². The third-order valence-electron chi connectivity index (χ3n) is 3.53. The van der Waals surface area contributed by atoms with Crippen molar-refractivity contribution in [3.8, 4) is 0 Å². The predicted molar refractivity (Wildman–Crippen MR) is 66.2 cm³/mol. The second-order valence-electron chi connectivity index (χ2n) is 4.78. The smallest absolute Gasteiger partial charge is 0.245 e. The fourth-order valence-corrected chi connectivity index (χ4v) is 2.52. The van der Waals surface area contributed by atoms with Crippen LogP contribution in [-0.2, 0) is 14.1 Å². The van der Waals surface area contributed by atoms with Crippen molar-refractivity contribution in [2.45, 2.75) is 18.8 Å². The Morgan fingerprint density at radius 2 is 2.00 bits per heavy atom. The highest BCUT2D eigenvalue weighted by Gasteiger charge is 2.24. The van der Waals surface area contributed by atoms with E-state index in [4.69, 9.17) is 0 Å². The van der Waals surface area contributed by atoms with Crippen LogP contribution in [0.25, 0.3) is 0 Å². The van der Waals surface area contributed by atoms with Gasteiger partial charge in [0.05, 0.1) is 5.69 Å². The first-order valence-corrected chi connectivity index (χ1v) is 6.21. The van der Waals surface area contributed by atoms with Gasteiger partial charge in [0.1, 0.15) is 0 Å². The lowest BCUT2D eigenvalue weighted by Crippen LogP contribution is -2.34. The van der Waals surface area contributed by atoms with Crippen molar-refractivity contribution in [2.24, 2.45) is 14.1 Å². The Bertz CT molecular complexity index is 521. The summed E-state index contributed by atoms with van der Waals surface area (Å²) >= 11 is 0. The lowest BCUT2D eigenvalue weighted by molar-refractivity contribution is 0.481. The molecule has 0 atom stereocenters. The summed E-state index contributed by atoms with van der Waals surface area (Å²) in [5.74, 6) is 1.41. The monoisotopic (exact) mass is 247 g/mol. The van der Waals surface area contributed by atoms with E-state index in [0.29, 0.717) is 5.92 Å². The summed E-state index contributed by atoms with van der Waals surface area (Å²) in [6.45, 7) is 1.96. The number of tetrazole rings is 1. The second-order valence-corrected chi connectivity index (χ2v) is 4.78. The molecule has 0 spiro atoms. The van der Waals surface area contributed by atoms with E-state index >= 15 is 0 Å². The summed E-state index contributed by atoms with van der Waals surface area (Å²) in [5.41, 5.74) is 1.20. The number of aromatic nitrogens is 6. The molecule has 1 saturated heterocycles. The summed E-state index contributed by atoms with van der Waals surface area (Å²) in [4.78, 5) is 2.24. The summed E-state index contributed by atoms with van der Waals surface area (Å²) in [7, 11) is 3.84. The summed E-state index contributed by atoms with van der Waals surface area (Å²) < 4.78 is 3.59. The number of aryl methyl sites for hydroxylation is 2. The molecule has 0 aliphatic carbocycles. The predicted octanol–water partition coefficient (Wildman–Crippen LogP) is 0.328. The quantitative estimate of drug-likeness (QED) is 0.765. The zero-order chi connectivity index (χ0) is 12.5. The van der Waals surface area contributed by atoms with E-state index in [1.165, 1.54) is 5.69 Å². The van der Waals surface area contributed by atoms with Crippen molar-refractivity contribution in [2.75, 3.05) is 18.0 Å². The molecule has 3 rings (SSSR count). The van der Waals surface area contributed by atoms with Crippen LogP contribution in [0.1, 0.15) is 24.5 Å². The van der Waals surface area contributed by atoms with Gasteiger partial charge in [0.2, 0.25) is 5.95 Å². The molecule has 2 aromatic heterocycles. The van der Waals surface area contributed by atoms with Gasteiger partial charge in [-0.3, -0.25) is 4.68 Å². The van der Waals surface area contributed by atoms with Crippen molar-refractivity contribution in [3.05, 3.63) is 18.0 Å². The van der Waals surface area contributed by atoms with Gasteiger partial charge in [-0.15, -0.1) is 0 Å². The van der Waals surface area contributed by atoms with E-state index in [-0.39, 0.29) is 0 Å². The Morgan fingerprint density at radius 3 is 2.56 bits per heavy atom. The van der Waals surface area contributed by atoms with Crippen molar-refractivity contribution >= 4 is 5.95 Å². The van der Waals surface area contributed by atoms with E-state index in [1.54, 1.807) is 4.68 Å². The topological polar surface area (TPSA) is 64.7 Å². The van der Waals surface area contributed by atoms with Crippen molar-refractivity contribution in [1.29, 1.82) is 0 Å². The highest BCUT2D eigenvalue weighted by molar-refractivity contribution is 5.29. The molecule has 1 aliphatic heterocycles. The molecule has 2 aromatic rings. The van der Waals surface area contributed by atoms with Crippen molar-refractivity contribution in [3.63, 3.8) is 0 Å². The SMILES string of the molecule is Cn1ccc(C2CCN(c3nnnn3C)CC2)n1. The molecule has 7 heteroatoms. The second kappa shape index (κ2) is 4.40. The maximum atomic E-state index is 4.49. The van der Waals surface area contributed by atoms with Crippen LogP contribution in [0, 0.1) is 0 Å². The van der Waals surface area contributed by atoms with Crippen LogP contribution in [0.5, 0.6) is 0 Å². The van der Waals surface area contributed by atoms with Crippen LogP contribution in [0.3, 0.4) is 0 Å². The average molecular weight is 247 g/mol. The molecule has 96 valence electrons. The van der Waals surface area contributed by atoms with Crippen LogP contribution in [-0.4, -0.2) is 43.1 Å². The minimum absolute atomic E-state index is 0.559. The minimum Gasteiger partial charge on any atom is -0.340 e. The molecule has 1 aliphatic rings. The maximum absolute atomic E-state index is 4.49. The van der Waals surface area contributed by atoms with Gasteiger partial charge in [0.15, 0.2) is 0 Å². The third-order valence-corrected chi connectivity index (χ3v) is 3.53. The Morgan fingerprint density at radius 1 is 1.22 bits per heavy atom. The molecule has 0 saturated carbocycles. The van der Waals surface area contributed by atoms with Crippen molar-refractivity contribution < 1.29 is 0 Å². The molecule has 1 fully saturated rings. The van der Waals surface area contributed by atoms with Crippen LogP contribution in [0.15, 0.2) is 12.3 Å². The molecule has 7 nitrogen and oxygen atoms in total. The van der Waals surface area contributed by atoms with E-state index in [9.17, 15) is 0 Å². The highest BCUT2D eigenvalue weighted by Crippen LogP contribution is 2.28. The van der Waals surface area contributed by atoms with E-state index in [2.05, 4.69) is 31.6 Å². The van der Waals surface area contributed by atoms with Crippen molar-refractivity contribution in [1.82, 2.24) is 30.0 Å². The number of piperidine rings is 1. The minimum atomic E-state index is 0.559. The van der Waals surface area contributed by atoms with E-state index < -0.39 is 0 Å². The first-order valence-electron chi connectivity index (χ1n) is 6.21. The lowest BCUT2D eigenvalue weighted by Gasteiger charge is -2.31. The molecule has 0 bridgehead atoms. The van der Waals surface area contributed by atoms with Gasteiger partial charge in [-0.25, -0.2) is 4.68 Å². The summed E-state index contributed by atoms with van der Waals surface area (Å²) in [6.07, 6.45) is 4.21. The van der Waals surface area contributed by atoms with Gasteiger partial charge in [-0.05, 0) is 29.3 Å². The van der Waals surface area contributed by atoms with Crippen LogP contribution >= 0.6 is 0 Å². The number of hydrogen-bond acceptors (Lipinski definition) is 5. The summed E-state index contributed by atoms with van der Waals surface area (Å²) in [5, 5.41) is 16.1. The number of rotatable bonds is 2. The Kier molecular flexibility index (Phi) is 2.73. The lowest BCUT2D eigenvalue weighted by atomic mass is 9.94. The first kappa shape index (κ1) is 11.2. The van der Waals surface area contributed by atoms with Crippen LogP contribution in [0.2, 0.25) is 0 Å². The Labute approximate surface area is 105 Å². The molecule has 0 aromatic carbocycles. The number of hydrogen-bond donors (Lipinski definition) is 0. The van der Waals surface area contributed by atoms with E-state index in [1.807, 2.05) is 25.0 Å². The van der Waals surface area contributed by atoms with Crippen LogP contribution in [0.4, 0.5) is 5.95 Å². The van der Waals surface area contributed by atoms with Gasteiger partial charge in [0.25, 0.3) is 0 Å². The molecular weight excluding hydrogens is 230 g/mol. The van der Waals surface area contributed by atoms with Gasteiger partial charge < -0.3 is 4.90 Å². The van der Waals surface area contributed by atoms with Gasteiger partial charge in [-0.2, -0.15) is 5.10 Å². The molecule has 0 amide bonds. The fourth-order valence-electron chi connectivity index (χ4n) is 2.52. The fraction of sp³-hybridized carbons (Fsp3) is 0.636. The molecule has 3 heterocycles. The molecule has 0 unspecified atom stereocenters. The molecule has 18 heavy (non-hydrogen) atoms. The average Bonchev–Trinajstić information content (AvgIpc) is 2.98. The van der Waals surface area contributed by atoms with Gasteiger partial charge >= 0.3 is 0 Å². The zero-order valence-corrected chi connectivity index (χ0v) is 10.7. The number of nitrogens with zero attached hydrogens (tertiary/aromatic N) is 7. The zero-order valence-electron chi connectivity index (χ0n) is 10.7. The standard InChI is InChI=1S/C11H17N7/c1-16-6-5-10(13-16)9-3-7-18(8-4-9)11-12-14-15-17(11)2/h5-6,9H,3-4,7-8H2,1-2H3. The normalized spacial score (nSPS) is 17.3. The largest absolute Gasteiger partial charge is 0.340 e. The summed E-state index contributed by atoms with van der Waals surface area (Å²) in [6, 6.07) is 2.12. The third kappa shape index (κ3) is 1.96. The van der Waals surface area contributed by atoms with Gasteiger partial charge in [-0.1, -0.05) is 5.10 Å². The Balaban J connectivity index is 1.66. The maximum Gasteiger partial charge on any atom is 0.245 e. The van der Waals surface area contributed by atoms with Crippen LogP contribution < -0.4 is 4.90 Å². The molecule has 0 radical (unpaired) electrons.